The number of rotatable bonds is 6. The van der Waals surface area contributed by atoms with Crippen LogP contribution in [0.2, 0.25) is 0 Å². The molecule has 3 N–H and O–H groups in total. The van der Waals surface area contributed by atoms with E-state index in [1.807, 2.05) is 25.4 Å². The monoisotopic (exact) mass is 419 g/mol. The maximum atomic E-state index is 4.95. The highest BCUT2D eigenvalue weighted by molar-refractivity contribution is 5.84. The number of benzene rings is 1. The van der Waals surface area contributed by atoms with Gasteiger partial charge in [0.2, 0.25) is 5.96 Å². The largest absolute Gasteiger partial charge is 0.353 e. The molecule has 1 aromatic heterocycles. The third kappa shape index (κ3) is 5.17. The van der Waals surface area contributed by atoms with Crippen molar-refractivity contribution in [3.05, 3.63) is 66.1 Å². The van der Waals surface area contributed by atoms with Crippen LogP contribution in [0.1, 0.15) is 25.8 Å². The fourth-order valence-electron chi connectivity index (χ4n) is 3.95. The molecule has 1 unspecified atom stereocenters. The van der Waals surface area contributed by atoms with E-state index in [2.05, 4.69) is 81.0 Å². The van der Waals surface area contributed by atoms with Crippen molar-refractivity contribution in [2.75, 3.05) is 43.4 Å². The Morgan fingerprint density at radius 3 is 2.42 bits per heavy atom. The van der Waals surface area contributed by atoms with E-state index in [1.54, 1.807) is 0 Å². The molecule has 3 heterocycles. The van der Waals surface area contributed by atoms with Crippen LogP contribution in [0.4, 0.5) is 11.5 Å². The lowest BCUT2D eigenvalue weighted by Gasteiger charge is -2.40. The zero-order valence-electron chi connectivity index (χ0n) is 18.7. The Balaban J connectivity index is 1.43. The van der Waals surface area contributed by atoms with Crippen LogP contribution in [0, 0.1) is 0 Å². The van der Waals surface area contributed by atoms with Crippen LogP contribution in [0.3, 0.4) is 0 Å². The Morgan fingerprint density at radius 1 is 1.03 bits per heavy atom. The van der Waals surface area contributed by atoms with Crippen molar-refractivity contribution in [3.63, 3.8) is 0 Å². The van der Waals surface area contributed by atoms with E-state index < -0.39 is 5.66 Å². The van der Waals surface area contributed by atoms with Crippen molar-refractivity contribution < 1.29 is 0 Å². The molecule has 0 aliphatic carbocycles. The highest BCUT2D eigenvalue weighted by atomic mass is 15.4. The first-order valence-corrected chi connectivity index (χ1v) is 11.1. The molecule has 2 aliphatic heterocycles. The molecule has 7 heteroatoms. The van der Waals surface area contributed by atoms with Crippen molar-refractivity contribution in [3.8, 4) is 0 Å². The van der Waals surface area contributed by atoms with Gasteiger partial charge in [-0.2, -0.15) is 0 Å². The van der Waals surface area contributed by atoms with E-state index in [9.17, 15) is 0 Å². The number of guanidine groups is 1. The summed E-state index contributed by atoms with van der Waals surface area (Å²) < 4.78 is 0. The number of nitrogens with zero attached hydrogens (tertiary/aromatic N) is 4. The third-order valence-corrected chi connectivity index (χ3v) is 5.84. The standard InChI is InChI=1S/C24H33N7/c1-4-7-19-9-11-20(12-10-19)27-21-18-24(2,25-3)29-23(28-21)31-16-14-30(15-17-31)22-8-5-6-13-26-22/h5-6,8-13,18,25,27H,4,7,14-17H2,1-3H3,(H,28,29). The smallest absolute Gasteiger partial charge is 0.201 e. The Kier molecular flexibility index (Phi) is 6.42. The molecule has 0 radical (unpaired) electrons. The highest BCUT2D eigenvalue weighted by Crippen LogP contribution is 2.20. The summed E-state index contributed by atoms with van der Waals surface area (Å²) in [6.45, 7) is 7.91. The molecule has 4 rings (SSSR count). The number of aryl methyl sites for hydroxylation is 1. The fraction of sp³-hybridized carbons (Fsp3) is 0.417. The van der Waals surface area contributed by atoms with E-state index in [0.717, 1.165) is 62.3 Å². The molecule has 0 amide bonds. The molecule has 2 aliphatic rings. The van der Waals surface area contributed by atoms with Crippen LogP contribution < -0.4 is 20.9 Å². The van der Waals surface area contributed by atoms with Gasteiger partial charge in [0.15, 0.2) is 0 Å². The van der Waals surface area contributed by atoms with Gasteiger partial charge in [0, 0.05) is 38.1 Å². The van der Waals surface area contributed by atoms with E-state index in [0.29, 0.717) is 0 Å². The third-order valence-electron chi connectivity index (χ3n) is 5.84. The van der Waals surface area contributed by atoms with Gasteiger partial charge in [-0.15, -0.1) is 0 Å². The lowest BCUT2D eigenvalue weighted by atomic mass is 10.1. The lowest BCUT2D eigenvalue weighted by Crippen LogP contribution is -2.56. The van der Waals surface area contributed by atoms with Crippen molar-refractivity contribution in [1.29, 1.82) is 0 Å². The maximum absolute atomic E-state index is 4.95. The highest BCUT2D eigenvalue weighted by Gasteiger charge is 2.29. The molecule has 31 heavy (non-hydrogen) atoms. The predicted molar refractivity (Wildman–Crippen MR) is 128 cm³/mol. The summed E-state index contributed by atoms with van der Waals surface area (Å²) in [5.74, 6) is 2.87. The van der Waals surface area contributed by atoms with E-state index >= 15 is 0 Å². The second-order valence-electron chi connectivity index (χ2n) is 8.25. The zero-order chi connectivity index (χ0) is 21.7. The molecule has 0 bridgehead atoms. The number of hydrogen-bond acceptors (Lipinski definition) is 7. The normalized spacial score (nSPS) is 21.3. The summed E-state index contributed by atoms with van der Waals surface area (Å²) in [6, 6.07) is 14.7. The van der Waals surface area contributed by atoms with Crippen molar-refractivity contribution in [2.24, 2.45) is 4.99 Å². The summed E-state index contributed by atoms with van der Waals surface area (Å²) in [7, 11) is 1.94. The number of aromatic nitrogens is 1. The van der Waals surface area contributed by atoms with Gasteiger partial charge in [-0.3, -0.25) is 5.32 Å². The van der Waals surface area contributed by atoms with Gasteiger partial charge in [-0.1, -0.05) is 31.5 Å². The van der Waals surface area contributed by atoms with Crippen molar-refractivity contribution in [1.82, 2.24) is 20.5 Å². The van der Waals surface area contributed by atoms with Crippen LogP contribution in [-0.2, 0) is 6.42 Å². The molecule has 1 fully saturated rings. The Labute approximate surface area is 185 Å². The molecule has 1 aromatic carbocycles. The fourth-order valence-corrected chi connectivity index (χ4v) is 3.95. The minimum Gasteiger partial charge on any atom is -0.353 e. The quantitative estimate of drug-likeness (QED) is 0.669. The van der Waals surface area contributed by atoms with Crippen LogP contribution >= 0.6 is 0 Å². The molecule has 0 saturated carbocycles. The molecular weight excluding hydrogens is 386 g/mol. The topological polar surface area (TPSA) is 67.8 Å². The molecule has 0 spiro atoms. The predicted octanol–water partition coefficient (Wildman–Crippen LogP) is 3.00. The minimum atomic E-state index is -0.469. The SMILES string of the molecule is CCCc1ccc(NC2=CC(C)(NC)N=C(N3CCN(c4ccccn4)CC3)N2)cc1. The molecule has 1 atom stereocenters. The summed E-state index contributed by atoms with van der Waals surface area (Å²) >= 11 is 0. The first kappa shape index (κ1) is 21.2. The summed E-state index contributed by atoms with van der Waals surface area (Å²) in [4.78, 5) is 14.1. The van der Waals surface area contributed by atoms with Gasteiger partial charge in [0.1, 0.15) is 17.3 Å². The Morgan fingerprint density at radius 2 is 1.77 bits per heavy atom. The van der Waals surface area contributed by atoms with Gasteiger partial charge < -0.3 is 20.4 Å². The van der Waals surface area contributed by atoms with Gasteiger partial charge in [0.05, 0.1) is 0 Å². The zero-order valence-corrected chi connectivity index (χ0v) is 18.7. The minimum absolute atomic E-state index is 0.469. The Bertz CT molecular complexity index is 915. The summed E-state index contributed by atoms with van der Waals surface area (Å²) in [5.41, 5.74) is 1.97. The average Bonchev–Trinajstić information content (AvgIpc) is 2.81. The molecule has 2 aromatic rings. The van der Waals surface area contributed by atoms with Gasteiger partial charge in [-0.05, 0) is 56.3 Å². The number of likely N-dealkylation sites (N-methyl/N-ethyl adjacent to an activating group) is 1. The van der Waals surface area contributed by atoms with Crippen molar-refractivity contribution >= 4 is 17.5 Å². The van der Waals surface area contributed by atoms with Crippen LogP contribution in [0.15, 0.2) is 65.6 Å². The van der Waals surface area contributed by atoms with Crippen LogP contribution in [0.25, 0.3) is 0 Å². The van der Waals surface area contributed by atoms with E-state index in [4.69, 9.17) is 4.99 Å². The van der Waals surface area contributed by atoms with Crippen molar-refractivity contribution in [2.45, 2.75) is 32.4 Å². The number of aliphatic imine (C=N–C) groups is 1. The average molecular weight is 420 g/mol. The molecular formula is C24H33N7. The number of hydrogen-bond donors (Lipinski definition) is 3. The number of nitrogens with one attached hydrogen (secondary N) is 3. The lowest BCUT2D eigenvalue weighted by molar-refractivity contribution is 0.361. The first-order valence-electron chi connectivity index (χ1n) is 11.1. The van der Waals surface area contributed by atoms with Crippen LogP contribution in [0.5, 0.6) is 0 Å². The van der Waals surface area contributed by atoms with Gasteiger partial charge >= 0.3 is 0 Å². The molecule has 164 valence electrons. The maximum Gasteiger partial charge on any atom is 0.201 e. The number of piperazine rings is 1. The van der Waals surface area contributed by atoms with E-state index in [-0.39, 0.29) is 0 Å². The number of anilines is 2. The second kappa shape index (κ2) is 9.39. The van der Waals surface area contributed by atoms with Crippen LogP contribution in [-0.4, -0.2) is 54.7 Å². The molecule has 7 nitrogen and oxygen atoms in total. The first-order chi connectivity index (χ1) is 15.1. The number of pyridine rings is 1. The summed E-state index contributed by atoms with van der Waals surface area (Å²) in [6.07, 6.45) is 6.22. The summed E-state index contributed by atoms with van der Waals surface area (Å²) in [5, 5.41) is 10.4. The van der Waals surface area contributed by atoms with Gasteiger partial charge in [-0.25, -0.2) is 9.98 Å². The molecule has 1 saturated heterocycles. The van der Waals surface area contributed by atoms with Gasteiger partial charge in [0.25, 0.3) is 0 Å². The Hall–Kier alpha value is -3.06. The van der Waals surface area contributed by atoms with E-state index in [1.165, 1.54) is 5.56 Å². The second-order valence-corrected chi connectivity index (χ2v) is 8.25.